The highest BCUT2D eigenvalue weighted by Crippen LogP contribution is 2.31. The molecule has 1 aromatic heterocycles. The molecule has 0 saturated carbocycles. The summed E-state index contributed by atoms with van der Waals surface area (Å²) in [5.74, 6) is 0.538. The van der Waals surface area contributed by atoms with Gasteiger partial charge in [-0.15, -0.1) is 12.4 Å². The SMILES string of the molecule is COc1cc(OC)cc(C(=O)N(CCCN(C)C)c2nc3ccc(F)cc3s2)c1.Cl. The fourth-order valence-corrected chi connectivity index (χ4v) is 3.93. The van der Waals surface area contributed by atoms with Crippen LogP contribution in [0.15, 0.2) is 36.4 Å². The predicted octanol–water partition coefficient (Wildman–Crippen LogP) is 4.47. The third kappa shape index (κ3) is 5.59. The lowest BCUT2D eigenvalue weighted by atomic mass is 10.1. The van der Waals surface area contributed by atoms with Crippen LogP contribution < -0.4 is 14.4 Å². The van der Waals surface area contributed by atoms with E-state index in [1.807, 2.05) is 14.1 Å². The van der Waals surface area contributed by atoms with Crippen molar-refractivity contribution in [3.8, 4) is 11.5 Å². The number of carbonyl (C=O) groups is 1. The maximum atomic E-state index is 13.6. The number of ether oxygens (including phenoxy) is 2. The molecular formula is C21H25ClFN3O3S. The third-order valence-electron chi connectivity index (χ3n) is 4.40. The van der Waals surface area contributed by atoms with Crippen LogP contribution in [0.3, 0.4) is 0 Å². The standard InChI is InChI=1S/C21H24FN3O3S.ClH/c1-24(2)8-5-9-25(21-23-18-7-6-15(22)12-19(18)29-21)20(26)14-10-16(27-3)13-17(11-14)28-4;/h6-7,10-13H,5,8-9H2,1-4H3;1H. The van der Waals surface area contributed by atoms with Crippen LogP contribution in [0.2, 0.25) is 0 Å². The number of carbonyl (C=O) groups excluding carboxylic acids is 1. The zero-order chi connectivity index (χ0) is 21.0. The minimum Gasteiger partial charge on any atom is -0.497 e. The van der Waals surface area contributed by atoms with Crippen molar-refractivity contribution in [2.24, 2.45) is 0 Å². The van der Waals surface area contributed by atoms with Gasteiger partial charge in [0.15, 0.2) is 5.13 Å². The highest BCUT2D eigenvalue weighted by Gasteiger charge is 2.22. The maximum absolute atomic E-state index is 13.6. The molecule has 0 aliphatic carbocycles. The predicted molar refractivity (Wildman–Crippen MR) is 121 cm³/mol. The van der Waals surface area contributed by atoms with Gasteiger partial charge in [-0.05, 0) is 57.4 Å². The van der Waals surface area contributed by atoms with E-state index in [-0.39, 0.29) is 24.1 Å². The van der Waals surface area contributed by atoms with Gasteiger partial charge in [0.05, 0.1) is 24.4 Å². The second kappa shape index (κ2) is 10.6. The maximum Gasteiger partial charge on any atom is 0.260 e. The summed E-state index contributed by atoms with van der Waals surface area (Å²) >= 11 is 1.30. The van der Waals surface area contributed by atoms with E-state index in [1.54, 1.807) is 43.4 Å². The number of fused-ring (bicyclic) bond motifs is 1. The topological polar surface area (TPSA) is 54.9 Å². The zero-order valence-corrected chi connectivity index (χ0v) is 19.0. The molecule has 3 aromatic rings. The van der Waals surface area contributed by atoms with Crippen molar-refractivity contribution < 1.29 is 18.7 Å². The lowest BCUT2D eigenvalue weighted by Gasteiger charge is -2.21. The molecule has 2 aromatic carbocycles. The number of benzene rings is 2. The van der Waals surface area contributed by atoms with E-state index in [0.29, 0.717) is 39.0 Å². The number of nitrogens with zero attached hydrogens (tertiary/aromatic N) is 3. The van der Waals surface area contributed by atoms with Crippen molar-refractivity contribution >= 4 is 45.0 Å². The Morgan fingerprint density at radius 1 is 1.07 bits per heavy atom. The first-order valence-electron chi connectivity index (χ1n) is 9.17. The van der Waals surface area contributed by atoms with Crippen molar-refractivity contribution in [3.05, 3.63) is 47.8 Å². The van der Waals surface area contributed by atoms with Crippen LogP contribution in [-0.4, -0.2) is 57.2 Å². The number of aromatic nitrogens is 1. The van der Waals surface area contributed by atoms with Gasteiger partial charge in [-0.25, -0.2) is 9.37 Å². The van der Waals surface area contributed by atoms with Gasteiger partial charge in [0.1, 0.15) is 17.3 Å². The number of halogens is 2. The van der Waals surface area contributed by atoms with Crippen LogP contribution in [0.4, 0.5) is 9.52 Å². The Kier molecular flexibility index (Phi) is 8.40. The van der Waals surface area contributed by atoms with Crippen LogP contribution in [0.5, 0.6) is 11.5 Å². The van der Waals surface area contributed by atoms with Crippen LogP contribution in [-0.2, 0) is 0 Å². The largest absolute Gasteiger partial charge is 0.497 e. The lowest BCUT2D eigenvalue weighted by molar-refractivity contribution is 0.0985. The monoisotopic (exact) mass is 453 g/mol. The zero-order valence-electron chi connectivity index (χ0n) is 17.3. The second-order valence-corrected chi connectivity index (χ2v) is 7.83. The summed E-state index contributed by atoms with van der Waals surface area (Å²) in [6, 6.07) is 9.51. The van der Waals surface area contributed by atoms with Gasteiger partial charge in [0.2, 0.25) is 0 Å². The molecule has 0 bridgehead atoms. The van der Waals surface area contributed by atoms with Crippen molar-refractivity contribution in [3.63, 3.8) is 0 Å². The molecule has 0 radical (unpaired) electrons. The summed E-state index contributed by atoms with van der Waals surface area (Å²) in [7, 11) is 7.05. The fourth-order valence-electron chi connectivity index (χ4n) is 2.92. The second-order valence-electron chi connectivity index (χ2n) is 6.82. The molecule has 0 saturated heterocycles. The third-order valence-corrected chi connectivity index (χ3v) is 5.44. The summed E-state index contributed by atoms with van der Waals surface area (Å²) in [6.07, 6.45) is 0.768. The van der Waals surface area contributed by atoms with Gasteiger partial charge in [-0.1, -0.05) is 11.3 Å². The fraction of sp³-hybridized carbons (Fsp3) is 0.333. The number of hydrogen-bond donors (Lipinski definition) is 0. The Morgan fingerprint density at radius 3 is 2.33 bits per heavy atom. The number of thiazole rings is 1. The summed E-state index contributed by atoms with van der Waals surface area (Å²) in [4.78, 5) is 21.7. The molecule has 1 amide bonds. The molecule has 0 aliphatic heterocycles. The molecule has 0 fully saturated rings. The van der Waals surface area contributed by atoms with Crippen molar-refractivity contribution in [2.75, 3.05) is 46.3 Å². The smallest absolute Gasteiger partial charge is 0.260 e. The molecule has 30 heavy (non-hydrogen) atoms. The van der Waals surface area contributed by atoms with Crippen molar-refractivity contribution in [2.45, 2.75) is 6.42 Å². The van der Waals surface area contributed by atoms with E-state index >= 15 is 0 Å². The number of anilines is 1. The van der Waals surface area contributed by atoms with Gasteiger partial charge in [-0.3, -0.25) is 9.69 Å². The Bertz CT molecular complexity index is 990. The Balaban J connectivity index is 0.00000320. The van der Waals surface area contributed by atoms with E-state index < -0.39 is 0 Å². The Hall–Kier alpha value is -2.42. The number of hydrogen-bond acceptors (Lipinski definition) is 6. The molecule has 0 atom stereocenters. The Morgan fingerprint density at radius 2 is 1.73 bits per heavy atom. The number of methoxy groups -OCH3 is 2. The highest BCUT2D eigenvalue weighted by atomic mass is 35.5. The first-order chi connectivity index (χ1) is 13.9. The minimum atomic E-state index is -0.323. The van der Waals surface area contributed by atoms with Crippen LogP contribution in [0.1, 0.15) is 16.8 Å². The summed E-state index contributed by atoms with van der Waals surface area (Å²) in [5.41, 5.74) is 1.11. The summed E-state index contributed by atoms with van der Waals surface area (Å²) < 4.78 is 24.9. The number of rotatable bonds is 8. The first-order valence-corrected chi connectivity index (χ1v) is 9.98. The van der Waals surface area contributed by atoms with Crippen LogP contribution >= 0.6 is 23.7 Å². The molecule has 6 nitrogen and oxygen atoms in total. The average Bonchev–Trinajstić information content (AvgIpc) is 3.12. The van der Waals surface area contributed by atoms with E-state index in [1.165, 1.54) is 23.5 Å². The van der Waals surface area contributed by atoms with Crippen molar-refractivity contribution in [1.29, 1.82) is 0 Å². The average molecular weight is 454 g/mol. The molecule has 0 unspecified atom stereocenters. The minimum absolute atomic E-state index is 0. The van der Waals surface area contributed by atoms with Gasteiger partial charge >= 0.3 is 0 Å². The van der Waals surface area contributed by atoms with Crippen molar-refractivity contribution in [1.82, 2.24) is 9.88 Å². The van der Waals surface area contributed by atoms with E-state index in [0.717, 1.165) is 13.0 Å². The van der Waals surface area contributed by atoms with Crippen LogP contribution in [0.25, 0.3) is 10.2 Å². The molecule has 9 heteroatoms. The highest BCUT2D eigenvalue weighted by molar-refractivity contribution is 7.22. The van der Waals surface area contributed by atoms with Gasteiger partial charge < -0.3 is 14.4 Å². The molecule has 0 spiro atoms. The molecule has 3 rings (SSSR count). The van der Waals surface area contributed by atoms with Gasteiger partial charge in [-0.2, -0.15) is 0 Å². The van der Waals surface area contributed by atoms with E-state index in [4.69, 9.17) is 9.47 Å². The van der Waals surface area contributed by atoms with Crippen LogP contribution in [0, 0.1) is 5.82 Å². The normalized spacial score (nSPS) is 10.7. The lowest BCUT2D eigenvalue weighted by Crippen LogP contribution is -2.33. The number of amides is 1. The van der Waals surface area contributed by atoms with Gasteiger partial charge in [0.25, 0.3) is 5.91 Å². The Labute approximate surface area is 185 Å². The molecule has 0 aliphatic rings. The summed E-state index contributed by atoms with van der Waals surface area (Å²) in [6.45, 7) is 1.31. The van der Waals surface area contributed by atoms with E-state index in [9.17, 15) is 9.18 Å². The molecule has 1 heterocycles. The van der Waals surface area contributed by atoms with E-state index in [2.05, 4.69) is 9.88 Å². The van der Waals surface area contributed by atoms with Gasteiger partial charge in [0, 0.05) is 18.2 Å². The summed E-state index contributed by atoms with van der Waals surface area (Å²) in [5, 5.41) is 0.538. The first kappa shape index (κ1) is 23.9. The molecular weight excluding hydrogens is 429 g/mol. The quantitative estimate of drug-likeness (QED) is 0.503. The molecule has 0 N–H and O–H groups in total. The molecule has 162 valence electrons.